The number of aliphatic hydroxyl groups is 1. The van der Waals surface area contributed by atoms with Crippen LogP contribution >= 0.6 is 0 Å². The van der Waals surface area contributed by atoms with Gasteiger partial charge in [-0.25, -0.2) is 9.59 Å². The molecule has 2 bridgehead atoms. The largest absolute Gasteiger partial charge is 0.458 e. The summed E-state index contributed by atoms with van der Waals surface area (Å²) in [5.41, 5.74) is -0.479. The molecule has 17 unspecified atom stereocenters. The highest BCUT2D eigenvalue weighted by Crippen LogP contribution is 2.44. The first-order chi connectivity index (χ1) is 34.2. The molecule has 0 aromatic rings. The number of fused-ring (bicyclic) bond motifs is 3. The third-order valence-electron chi connectivity index (χ3n) is 15.2. The van der Waals surface area contributed by atoms with Crippen molar-refractivity contribution < 1.29 is 76.4 Å². The summed E-state index contributed by atoms with van der Waals surface area (Å²) < 4.78 is 65.9. The number of carbonyl (C=O) groups is 4. The number of esters is 2. The summed E-state index contributed by atoms with van der Waals surface area (Å²) in [5, 5.41) is 11.9. The highest BCUT2D eigenvalue weighted by Gasteiger charge is 2.54. The molecule has 1 amide bonds. The topological polar surface area (TPSA) is 197 Å². The number of hydrogen-bond donors (Lipinski definition) is 1. The van der Waals surface area contributed by atoms with Crippen LogP contribution in [0.25, 0.3) is 0 Å². The Morgan fingerprint density at radius 3 is 1.97 bits per heavy atom. The molecule has 3 aliphatic rings. The van der Waals surface area contributed by atoms with E-state index in [1.165, 1.54) is 31.3 Å². The van der Waals surface area contributed by atoms with Crippen molar-refractivity contribution in [3.63, 3.8) is 0 Å². The summed E-state index contributed by atoms with van der Waals surface area (Å²) in [6.45, 7) is 13.7. The lowest BCUT2D eigenvalue weighted by atomic mass is 9.81. The number of ether oxygens (including phenoxy) is 11. The molecule has 0 saturated carbocycles. The fraction of sp³-hybridized carbons (Fsp3) is 0.745. The molecular weight excluding hydrogens is 931 g/mol. The third kappa shape index (κ3) is 17.8. The van der Waals surface area contributed by atoms with Crippen molar-refractivity contribution in [1.82, 2.24) is 4.90 Å². The molecule has 0 aromatic heterocycles. The molecule has 3 heterocycles. The number of Topliss-reactive ketones (excluding diaryl/α,β-unsaturated/α-hetero) is 1. The SMILES string of the molecule is COC1/C=C/C(C)C(C(C)C(OC)C(C)CCC(=O)C(C)C(C/C=C/N(C)C=O)OC)OC(=O)/C=C\C2OC2(C)CC(OC)C(OC)C2=CC(=O)O[C@@H](C(C)C(OC)CC(OC)/C=C/C(C)C(OC)C1)[C@H]2O. The number of aliphatic hydroxyl groups excluding tert-OH is 1. The van der Waals surface area contributed by atoms with E-state index in [-0.39, 0.29) is 60.1 Å². The predicted octanol–water partition coefficient (Wildman–Crippen LogP) is 6.40. The molecule has 1 saturated heterocycles. The van der Waals surface area contributed by atoms with Gasteiger partial charge in [-0.15, -0.1) is 0 Å². The molecule has 3 aliphatic heterocycles. The molecule has 0 spiro atoms. The molecule has 1 N–H and O–H groups in total. The lowest BCUT2D eigenvalue weighted by molar-refractivity contribution is -0.162. The van der Waals surface area contributed by atoms with E-state index < -0.39 is 78.4 Å². The zero-order valence-electron chi connectivity index (χ0n) is 45.9. The van der Waals surface area contributed by atoms with E-state index in [9.17, 15) is 24.3 Å². The highest BCUT2D eigenvalue weighted by atomic mass is 16.6. The number of cyclic esters (lactones) is 1. The fourth-order valence-electron chi connectivity index (χ4n) is 10.3. The van der Waals surface area contributed by atoms with Gasteiger partial charge in [0.15, 0.2) is 0 Å². The van der Waals surface area contributed by atoms with E-state index in [0.29, 0.717) is 44.1 Å². The van der Waals surface area contributed by atoms with Crippen LogP contribution in [0.5, 0.6) is 0 Å². The van der Waals surface area contributed by atoms with Crippen molar-refractivity contribution in [3.8, 4) is 0 Å². The minimum Gasteiger partial charge on any atom is -0.458 e. The molecule has 17 nitrogen and oxygen atoms in total. The van der Waals surface area contributed by atoms with Crippen molar-refractivity contribution in [2.75, 3.05) is 63.9 Å². The lowest BCUT2D eigenvalue weighted by Crippen LogP contribution is -2.50. The third-order valence-corrected chi connectivity index (χ3v) is 15.2. The number of carbonyl (C=O) groups excluding carboxylic acids is 4. The van der Waals surface area contributed by atoms with E-state index in [1.54, 1.807) is 62.0 Å². The van der Waals surface area contributed by atoms with Crippen molar-refractivity contribution in [1.29, 1.82) is 0 Å². The van der Waals surface area contributed by atoms with Gasteiger partial charge in [0.2, 0.25) is 6.41 Å². The average Bonchev–Trinajstić information content (AvgIpc) is 4.03. The van der Waals surface area contributed by atoms with Gasteiger partial charge in [-0.3, -0.25) is 9.59 Å². The first-order valence-corrected chi connectivity index (χ1v) is 25.3. The average molecular weight is 1020 g/mol. The van der Waals surface area contributed by atoms with Crippen molar-refractivity contribution >= 4 is 24.1 Å². The van der Waals surface area contributed by atoms with E-state index in [4.69, 9.17) is 52.1 Å². The van der Waals surface area contributed by atoms with Gasteiger partial charge in [-0.05, 0) is 31.8 Å². The molecule has 17 heteroatoms. The van der Waals surface area contributed by atoms with Crippen molar-refractivity contribution in [2.45, 2.75) is 166 Å². The van der Waals surface area contributed by atoms with Crippen LogP contribution < -0.4 is 0 Å². The number of hydrogen-bond acceptors (Lipinski definition) is 16. The molecule has 0 aliphatic carbocycles. The van der Waals surface area contributed by atoms with E-state index in [2.05, 4.69) is 6.92 Å². The van der Waals surface area contributed by atoms with Gasteiger partial charge < -0.3 is 62.1 Å². The van der Waals surface area contributed by atoms with Gasteiger partial charge in [0.25, 0.3) is 0 Å². The van der Waals surface area contributed by atoms with Crippen LogP contribution in [0, 0.1) is 35.5 Å². The molecule has 72 heavy (non-hydrogen) atoms. The van der Waals surface area contributed by atoms with Crippen LogP contribution in [-0.2, 0) is 71.3 Å². The molecule has 1 fully saturated rings. The molecule has 0 radical (unpaired) electrons. The quantitative estimate of drug-likeness (QED) is 0.0608. The normalized spacial score (nSPS) is 35.8. The van der Waals surface area contributed by atoms with Crippen LogP contribution in [0.4, 0.5) is 0 Å². The zero-order chi connectivity index (χ0) is 53.9. The van der Waals surface area contributed by atoms with Gasteiger partial charge in [-0.2, -0.15) is 0 Å². The summed E-state index contributed by atoms with van der Waals surface area (Å²) in [4.78, 5) is 53.1. The second-order valence-electron chi connectivity index (χ2n) is 20.1. The van der Waals surface area contributed by atoms with Crippen LogP contribution in [-0.4, -0.2) is 177 Å². The molecule has 19 atom stereocenters. The number of methoxy groups -OCH3 is 8. The smallest absolute Gasteiger partial charge is 0.331 e. The number of amides is 1. The Bertz CT molecular complexity index is 1840. The highest BCUT2D eigenvalue weighted by molar-refractivity contribution is 5.84. The number of ketones is 1. The summed E-state index contributed by atoms with van der Waals surface area (Å²) in [6, 6.07) is 0. The molecule has 3 rings (SSSR count). The maximum absolute atomic E-state index is 13.9. The first kappa shape index (κ1) is 62.7. The van der Waals surface area contributed by atoms with Gasteiger partial charge in [-0.1, -0.05) is 71.9 Å². The van der Waals surface area contributed by atoms with Crippen LogP contribution in [0.3, 0.4) is 0 Å². The van der Waals surface area contributed by atoms with E-state index in [1.807, 2.05) is 71.9 Å². The Balaban J connectivity index is 2.00. The zero-order valence-corrected chi connectivity index (χ0v) is 45.9. The van der Waals surface area contributed by atoms with Gasteiger partial charge in [0.05, 0.1) is 48.3 Å². The minimum atomic E-state index is -1.24. The summed E-state index contributed by atoms with van der Waals surface area (Å²) >= 11 is 0. The Morgan fingerprint density at radius 1 is 0.806 bits per heavy atom. The fourth-order valence-corrected chi connectivity index (χ4v) is 10.3. The molecular formula is C55H89NO16. The number of rotatable bonds is 20. The number of epoxide rings is 1. The summed E-state index contributed by atoms with van der Waals surface area (Å²) in [5.74, 6) is -2.84. The second kappa shape index (κ2) is 30.7. The Kier molecular flexibility index (Phi) is 26.7. The Morgan fingerprint density at radius 2 is 1.42 bits per heavy atom. The van der Waals surface area contributed by atoms with Gasteiger partial charge in [0, 0.05) is 143 Å². The standard InChI is InChI=1S/C55H89NO16/c1-33-19-22-40(63-10)29-45(66-13)37(5)53-50(61)41(30-49(60)71-53)54(69-16)46(67-14)31-55(7)47(72-55)25-26-48(59)70-52(35(3)20-23-39(62-9)28-44(33)65-12)38(6)51(68-15)34(2)21-24-42(58)36(4)43(64-11)18-17-27-56(8)32-57/h17,19-20,22-23,25-27,30,32-40,43-47,50-54,61H,18,21,24,28-29,31H2,1-16H3/b22-19+,23-20+,26-25-,27-17+/t33?,34?,35?,36?,37?,38?,39?,40?,43?,44?,45?,46?,47?,50-,51?,52?,53-,54?,55?/m0/s1. The first-order valence-electron chi connectivity index (χ1n) is 25.3. The summed E-state index contributed by atoms with van der Waals surface area (Å²) in [7, 11) is 14.4. The van der Waals surface area contributed by atoms with Gasteiger partial charge in [0.1, 0.15) is 36.3 Å². The summed E-state index contributed by atoms with van der Waals surface area (Å²) in [6.07, 6.45) is 11.8. The van der Waals surface area contributed by atoms with Gasteiger partial charge >= 0.3 is 11.9 Å². The molecule has 410 valence electrons. The Labute approximate surface area is 429 Å². The molecule has 0 aromatic carbocycles. The predicted molar refractivity (Wildman–Crippen MR) is 272 cm³/mol. The van der Waals surface area contributed by atoms with Crippen LogP contribution in [0.1, 0.15) is 87.0 Å². The Hall–Kier alpha value is -3.62. The van der Waals surface area contributed by atoms with Crippen LogP contribution in [0.2, 0.25) is 0 Å². The van der Waals surface area contributed by atoms with E-state index >= 15 is 0 Å². The van der Waals surface area contributed by atoms with Crippen molar-refractivity contribution in [2.24, 2.45) is 35.5 Å². The van der Waals surface area contributed by atoms with E-state index in [0.717, 1.165) is 0 Å². The van der Waals surface area contributed by atoms with Crippen LogP contribution in [0.15, 0.2) is 60.4 Å². The van der Waals surface area contributed by atoms with Crippen molar-refractivity contribution in [3.05, 3.63) is 60.4 Å². The maximum Gasteiger partial charge on any atom is 0.331 e. The lowest BCUT2D eigenvalue weighted by Gasteiger charge is -2.39. The maximum atomic E-state index is 13.9. The monoisotopic (exact) mass is 1020 g/mol. The second-order valence-corrected chi connectivity index (χ2v) is 20.1. The minimum absolute atomic E-state index is 0.0513. The number of nitrogens with zero attached hydrogens (tertiary/aromatic N) is 1.